The van der Waals surface area contributed by atoms with Gasteiger partial charge in [0.1, 0.15) is 5.69 Å². The third kappa shape index (κ3) is 1.59. The first-order valence-corrected chi connectivity index (χ1v) is 5.55. The molecule has 3 heterocycles. The van der Waals surface area contributed by atoms with E-state index < -0.39 is 0 Å². The van der Waals surface area contributed by atoms with Gasteiger partial charge in [0.2, 0.25) is 0 Å². The van der Waals surface area contributed by atoms with Crippen LogP contribution in [-0.2, 0) is 0 Å². The summed E-state index contributed by atoms with van der Waals surface area (Å²) in [6.45, 7) is 0. The van der Waals surface area contributed by atoms with Crippen LogP contribution >= 0.6 is 15.9 Å². The minimum Gasteiger partial charge on any atom is -0.335 e. The molecule has 0 aliphatic rings. The van der Waals surface area contributed by atoms with E-state index in [2.05, 4.69) is 35.9 Å². The molecule has 0 saturated carbocycles. The molecule has 0 saturated heterocycles. The summed E-state index contributed by atoms with van der Waals surface area (Å²) in [6, 6.07) is 7.66. The number of imidazole rings is 1. The van der Waals surface area contributed by atoms with E-state index in [4.69, 9.17) is 0 Å². The number of halogens is 1. The van der Waals surface area contributed by atoms with E-state index >= 15 is 0 Å². The molecular formula is C11H7BrN4. The van der Waals surface area contributed by atoms with Gasteiger partial charge in [-0.05, 0) is 34.1 Å². The minimum atomic E-state index is 0.698. The minimum absolute atomic E-state index is 0.698. The Kier molecular flexibility index (Phi) is 2.18. The average molecular weight is 275 g/mol. The average Bonchev–Trinajstić information content (AvgIpc) is 2.73. The third-order valence-electron chi connectivity index (χ3n) is 2.21. The Morgan fingerprint density at radius 3 is 2.94 bits per heavy atom. The molecule has 0 bridgehead atoms. The van der Waals surface area contributed by atoms with Crippen molar-refractivity contribution < 1.29 is 0 Å². The van der Waals surface area contributed by atoms with Crippen molar-refractivity contribution in [2.24, 2.45) is 0 Å². The molecule has 0 amide bonds. The molecule has 4 nitrogen and oxygen atoms in total. The van der Waals surface area contributed by atoms with Crippen LogP contribution in [0.25, 0.3) is 22.7 Å². The highest BCUT2D eigenvalue weighted by atomic mass is 79.9. The first-order valence-electron chi connectivity index (χ1n) is 4.75. The van der Waals surface area contributed by atoms with Gasteiger partial charge in [0.05, 0.1) is 5.52 Å². The van der Waals surface area contributed by atoms with Crippen LogP contribution in [0.3, 0.4) is 0 Å². The maximum atomic E-state index is 4.37. The van der Waals surface area contributed by atoms with Gasteiger partial charge >= 0.3 is 0 Å². The number of nitrogens with zero attached hydrogens (tertiary/aromatic N) is 3. The summed E-state index contributed by atoms with van der Waals surface area (Å²) >= 11 is 3.37. The predicted octanol–water partition coefficient (Wildman–Crippen LogP) is 2.78. The van der Waals surface area contributed by atoms with Crippen molar-refractivity contribution in [2.45, 2.75) is 0 Å². The maximum Gasteiger partial charge on any atom is 0.178 e. The highest BCUT2D eigenvalue weighted by molar-refractivity contribution is 9.10. The summed E-state index contributed by atoms with van der Waals surface area (Å²) in [4.78, 5) is 16.0. The number of hydrogen-bond donors (Lipinski definition) is 1. The molecule has 1 N–H and O–H groups in total. The Bertz CT molecular complexity index is 633. The lowest BCUT2D eigenvalue weighted by molar-refractivity contribution is 1.23. The standard InChI is InChI=1S/C11H7BrN4/c12-7-5-9-10(14-6-7)16-11(15-9)8-3-1-2-4-13-8/h1-6H,(H,14,15,16). The number of rotatable bonds is 1. The van der Waals surface area contributed by atoms with Gasteiger partial charge in [0.25, 0.3) is 0 Å². The fourth-order valence-electron chi connectivity index (χ4n) is 1.50. The number of nitrogens with one attached hydrogen (secondary N) is 1. The number of aromatic nitrogens is 4. The zero-order chi connectivity index (χ0) is 11.0. The highest BCUT2D eigenvalue weighted by Crippen LogP contribution is 2.19. The summed E-state index contributed by atoms with van der Waals surface area (Å²) in [6.07, 6.45) is 3.47. The van der Waals surface area contributed by atoms with Crippen molar-refractivity contribution in [1.82, 2.24) is 19.9 Å². The van der Waals surface area contributed by atoms with E-state index in [1.807, 2.05) is 24.3 Å². The zero-order valence-electron chi connectivity index (χ0n) is 8.18. The van der Waals surface area contributed by atoms with Crippen LogP contribution in [0.15, 0.2) is 41.1 Å². The van der Waals surface area contributed by atoms with E-state index in [9.17, 15) is 0 Å². The molecule has 3 aromatic heterocycles. The van der Waals surface area contributed by atoms with Crippen molar-refractivity contribution in [1.29, 1.82) is 0 Å². The van der Waals surface area contributed by atoms with E-state index in [0.717, 1.165) is 21.5 Å². The Morgan fingerprint density at radius 2 is 2.12 bits per heavy atom. The summed E-state index contributed by atoms with van der Waals surface area (Å²) in [5, 5.41) is 0. The van der Waals surface area contributed by atoms with Gasteiger partial charge < -0.3 is 4.98 Å². The SMILES string of the molecule is Brc1cnc2nc(-c3ccccn3)[nH]c2c1. The van der Waals surface area contributed by atoms with Gasteiger partial charge in [0.15, 0.2) is 11.5 Å². The maximum absolute atomic E-state index is 4.37. The molecule has 16 heavy (non-hydrogen) atoms. The van der Waals surface area contributed by atoms with Crippen LogP contribution in [0.4, 0.5) is 0 Å². The van der Waals surface area contributed by atoms with Crippen LogP contribution in [0.2, 0.25) is 0 Å². The Balaban J connectivity index is 2.19. The van der Waals surface area contributed by atoms with Crippen LogP contribution < -0.4 is 0 Å². The fourth-order valence-corrected chi connectivity index (χ4v) is 1.83. The smallest absolute Gasteiger partial charge is 0.178 e. The molecule has 3 aromatic rings. The lowest BCUT2D eigenvalue weighted by Gasteiger charge is -1.92. The molecule has 0 spiro atoms. The fraction of sp³-hybridized carbons (Fsp3) is 0. The van der Waals surface area contributed by atoms with Gasteiger partial charge in [-0.15, -0.1) is 0 Å². The summed E-state index contributed by atoms with van der Waals surface area (Å²) < 4.78 is 0.927. The number of fused-ring (bicyclic) bond motifs is 1. The molecule has 0 unspecified atom stereocenters. The van der Waals surface area contributed by atoms with Crippen LogP contribution in [-0.4, -0.2) is 19.9 Å². The normalized spacial score (nSPS) is 10.8. The summed E-state index contributed by atoms with van der Waals surface area (Å²) in [5.74, 6) is 0.737. The molecule has 0 aliphatic carbocycles. The Morgan fingerprint density at radius 1 is 1.19 bits per heavy atom. The second kappa shape index (κ2) is 3.68. The van der Waals surface area contributed by atoms with E-state index in [0.29, 0.717) is 5.65 Å². The highest BCUT2D eigenvalue weighted by Gasteiger charge is 2.06. The monoisotopic (exact) mass is 274 g/mol. The first kappa shape index (κ1) is 9.47. The number of pyridine rings is 2. The second-order valence-electron chi connectivity index (χ2n) is 3.33. The molecule has 0 atom stereocenters. The quantitative estimate of drug-likeness (QED) is 0.743. The number of H-pyrrole nitrogens is 1. The van der Waals surface area contributed by atoms with Gasteiger partial charge in [-0.3, -0.25) is 4.98 Å². The largest absolute Gasteiger partial charge is 0.335 e. The Hall–Kier alpha value is -1.75. The van der Waals surface area contributed by atoms with Gasteiger partial charge in [-0.2, -0.15) is 0 Å². The van der Waals surface area contributed by atoms with Crippen LogP contribution in [0, 0.1) is 0 Å². The Labute approximate surface area is 99.9 Å². The molecule has 0 aliphatic heterocycles. The number of hydrogen-bond acceptors (Lipinski definition) is 3. The van der Waals surface area contributed by atoms with Crippen molar-refractivity contribution in [3.63, 3.8) is 0 Å². The van der Waals surface area contributed by atoms with E-state index in [1.165, 1.54) is 0 Å². The van der Waals surface area contributed by atoms with E-state index in [-0.39, 0.29) is 0 Å². The van der Waals surface area contributed by atoms with Crippen molar-refractivity contribution in [2.75, 3.05) is 0 Å². The van der Waals surface area contributed by atoms with Gasteiger partial charge in [-0.1, -0.05) is 6.07 Å². The van der Waals surface area contributed by atoms with Crippen molar-refractivity contribution in [3.8, 4) is 11.5 Å². The van der Waals surface area contributed by atoms with Crippen molar-refractivity contribution in [3.05, 3.63) is 41.1 Å². The molecule has 5 heteroatoms. The molecule has 0 radical (unpaired) electrons. The lowest BCUT2D eigenvalue weighted by Crippen LogP contribution is -1.83. The molecule has 0 fully saturated rings. The molecule has 3 rings (SSSR count). The number of aromatic amines is 1. The molecule has 78 valence electrons. The lowest BCUT2D eigenvalue weighted by atomic mass is 10.3. The molecular weight excluding hydrogens is 268 g/mol. The van der Waals surface area contributed by atoms with Crippen LogP contribution in [0.5, 0.6) is 0 Å². The first-order chi connectivity index (χ1) is 7.83. The van der Waals surface area contributed by atoms with Crippen LogP contribution in [0.1, 0.15) is 0 Å². The summed E-state index contributed by atoms with van der Waals surface area (Å²) in [5.41, 5.74) is 2.41. The van der Waals surface area contributed by atoms with Crippen molar-refractivity contribution >= 4 is 27.1 Å². The van der Waals surface area contributed by atoms with Gasteiger partial charge in [0, 0.05) is 16.9 Å². The molecule has 0 aromatic carbocycles. The summed E-state index contributed by atoms with van der Waals surface area (Å²) in [7, 11) is 0. The zero-order valence-corrected chi connectivity index (χ0v) is 9.77. The predicted molar refractivity (Wildman–Crippen MR) is 64.8 cm³/mol. The van der Waals surface area contributed by atoms with Gasteiger partial charge in [-0.25, -0.2) is 9.97 Å². The van der Waals surface area contributed by atoms with E-state index in [1.54, 1.807) is 12.4 Å². The second-order valence-corrected chi connectivity index (χ2v) is 4.24. The topological polar surface area (TPSA) is 54.5 Å². The third-order valence-corrected chi connectivity index (χ3v) is 2.65.